The summed E-state index contributed by atoms with van der Waals surface area (Å²) in [4.78, 5) is 15.4. The molecule has 3 aromatic rings. The van der Waals surface area contributed by atoms with Crippen molar-refractivity contribution in [1.29, 1.82) is 0 Å². The standard InChI is InChI=1S/C28H27ClFNO3/c1-33-22-8-3-19(4-9-22)14-31(15-20-5-10-23(34-2)11-6-20)25-13-21(7-12-24(25)29)26(32)27-16-28(30,17-27)18-27/h3-13H,14-18H2,1-2H3. The van der Waals surface area contributed by atoms with Crippen LogP contribution < -0.4 is 14.4 Å². The van der Waals surface area contributed by atoms with Crippen LogP contribution in [0.3, 0.4) is 0 Å². The van der Waals surface area contributed by atoms with Crippen molar-refractivity contribution in [2.75, 3.05) is 19.1 Å². The van der Waals surface area contributed by atoms with Crippen LogP contribution in [0.25, 0.3) is 0 Å². The first kappa shape index (κ1) is 22.7. The van der Waals surface area contributed by atoms with Gasteiger partial charge in [-0.2, -0.15) is 0 Å². The van der Waals surface area contributed by atoms with Gasteiger partial charge < -0.3 is 14.4 Å². The average molecular weight is 480 g/mol. The molecule has 176 valence electrons. The zero-order chi connectivity index (χ0) is 23.9. The second-order valence-electron chi connectivity index (χ2n) is 9.51. The van der Waals surface area contributed by atoms with E-state index in [2.05, 4.69) is 4.90 Å². The molecule has 0 unspecified atom stereocenters. The number of hydrogen-bond acceptors (Lipinski definition) is 4. The summed E-state index contributed by atoms with van der Waals surface area (Å²) in [5.74, 6) is 1.61. The lowest BCUT2D eigenvalue weighted by Gasteiger charge is -2.64. The van der Waals surface area contributed by atoms with Gasteiger partial charge >= 0.3 is 0 Å². The second kappa shape index (κ2) is 8.62. The van der Waals surface area contributed by atoms with Crippen molar-refractivity contribution in [3.8, 4) is 11.5 Å². The van der Waals surface area contributed by atoms with Crippen LogP contribution in [0, 0.1) is 5.41 Å². The van der Waals surface area contributed by atoms with Gasteiger partial charge in [0.15, 0.2) is 5.78 Å². The van der Waals surface area contributed by atoms with Gasteiger partial charge in [-0.25, -0.2) is 4.39 Å². The van der Waals surface area contributed by atoms with Crippen molar-refractivity contribution in [2.45, 2.75) is 38.0 Å². The van der Waals surface area contributed by atoms with Crippen LogP contribution in [0.2, 0.25) is 5.02 Å². The Labute approximate surface area is 204 Å². The molecule has 0 saturated heterocycles. The van der Waals surface area contributed by atoms with E-state index in [0.29, 0.717) is 42.9 Å². The molecule has 3 aliphatic carbocycles. The molecule has 0 aromatic heterocycles. The summed E-state index contributed by atoms with van der Waals surface area (Å²) < 4.78 is 24.6. The molecule has 3 aliphatic rings. The first-order valence-corrected chi connectivity index (χ1v) is 11.8. The fourth-order valence-corrected chi connectivity index (χ4v) is 5.47. The number of carbonyl (C=O) groups is 1. The quantitative estimate of drug-likeness (QED) is 0.322. The molecule has 0 aliphatic heterocycles. The molecule has 0 heterocycles. The number of alkyl halides is 1. The molecular weight excluding hydrogens is 453 g/mol. The Morgan fingerprint density at radius 3 is 1.82 bits per heavy atom. The number of ether oxygens (including phenoxy) is 2. The number of rotatable bonds is 9. The zero-order valence-corrected chi connectivity index (χ0v) is 20.1. The molecule has 3 aromatic carbocycles. The third kappa shape index (κ3) is 4.14. The van der Waals surface area contributed by atoms with Gasteiger partial charge in [0.05, 0.1) is 24.9 Å². The van der Waals surface area contributed by atoms with Crippen LogP contribution in [-0.4, -0.2) is 25.7 Å². The van der Waals surface area contributed by atoms with Crippen LogP contribution in [-0.2, 0) is 13.1 Å². The molecular formula is C28H27ClFNO3. The molecule has 2 bridgehead atoms. The minimum Gasteiger partial charge on any atom is -0.497 e. The number of halogens is 2. The predicted molar refractivity (Wildman–Crippen MR) is 132 cm³/mol. The Hall–Kier alpha value is -3.05. The van der Waals surface area contributed by atoms with E-state index in [1.165, 1.54) is 0 Å². The highest BCUT2D eigenvalue weighted by Gasteiger charge is 2.72. The minimum atomic E-state index is -1.11. The van der Waals surface area contributed by atoms with E-state index in [4.69, 9.17) is 21.1 Å². The maximum absolute atomic E-state index is 14.1. The highest BCUT2D eigenvalue weighted by molar-refractivity contribution is 6.33. The Morgan fingerprint density at radius 1 is 0.882 bits per heavy atom. The van der Waals surface area contributed by atoms with Gasteiger partial charge in [-0.15, -0.1) is 0 Å². The van der Waals surface area contributed by atoms with Gasteiger partial charge in [-0.3, -0.25) is 4.79 Å². The number of carbonyl (C=O) groups excluding carboxylic acids is 1. The van der Waals surface area contributed by atoms with E-state index in [1.807, 2.05) is 54.6 Å². The molecule has 0 amide bonds. The molecule has 0 spiro atoms. The summed E-state index contributed by atoms with van der Waals surface area (Å²) >= 11 is 6.66. The van der Waals surface area contributed by atoms with Gasteiger partial charge in [0.1, 0.15) is 17.2 Å². The highest BCUT2D eigenvalue weighted by Crippen LogP contribution is 2.70. The van der Waals surface area contributed by atoms with Crippen LogP contribution in [0.1, 0.15) is 40.7 Å². The van der Waals surface area contributed by atoms with Crippen LogP contribution in [0.4, 0.5) is 10.1 Å². The van der Waals surface area contributed by atoms with Gasteiger partial charge in [0.2, 0.25) is 0 Å². The van der Waals surface area contributed by atoms with Crippen molar-refractivity contribution in [2.24, 2.45) is 5.41 Å². The minimum absolute atomic E-state index is 0.0267. The molecule has 6 rings (SSSR count). The summed E-state index contributed by atoms with van der Waals surface area (Å²) in [5.41, 5.74) is 1.91. The fraction of sp³-hybridized carbons (Fsp3) is 0.321. The van der Waals surface area contributed by atoms with E-state index in [0.717, 1.165) is 28.3 Å². The molecule has 4 nitrogen and oxygen atoms in total. The van der Waals surface area contributed by atoms with Crippen LogP contribution >= 0.6 is 11.6 Å². The Kier molecular flexibility index (Phi) is 5.76. The third-order valence-corrected chi connectivity index (χ3v) is 7.38. The molecule has 0 atom stereocenters. The van der Waals surface area contributed by atoms with Crippen LogP contribution in [0.15, 0.2) is 66.7 Å². The van der Waals surface area contributed by atoms with Crippen molar-refractivity contribution < 1.29 is 18.7 Å². The SMILES string of the molecule is COc1ccc(CN(Cc2ccc(OC)cc2)c2cc(C(=O)C34CC(F)(C3)C4)ccc2Cl)cc1. The summed E-state index contributed by atoms with van der Waals surface area (Å²) in [7, 11) is 3.29. The predicted octanol–water partition coefficient (Wildman–Crippen LogP) is 6.64. The maximum Gasteiger partial charge on any atom is 0.169 e. The van der Waals surface area contributed by atoms with E-state index < -0.39 is 11.1 Å². The maximum atomic E-state index is 14.1. The van der Waals surface area contributed by atoms with E-state index in [1.54, 1.807) is 26.4 Å². The molecule has 34 heavy (non-hydrogen) atoms. The zero-order valence-electron chi connectivity index (χ0n) is 19.3. The third-order valence-electron chi connectivity index (χ3n) is 7.06. The van der Waals surface area contributed by atoms with E-state index >= 15 is 0 Å². The monoisotopic (exact) mass is 479 g/mol. The van der Waals surface area contributed by atoms with Crippen molar-refractivity contribution in [3.05, 3.63) is 88.4 Å². The number of methoxy groups -OCH3 is 2. The highest BCUT2D eigenvalue weighted by atomic mass is 35.5. The Balaban J connectivity index is 1.46. The first-order valence-electron chi connectivity index (χ1n) is 11.4. The largest absolute Gasteiger partial charge is 0.497 e. The summed E-state index contributed by atoms with van der Waals surface area (Å²) in [6.45, 7) is 1.18. The molecule has 3 fully saturated rings. The number of hydrogen-bond donors (Lipinski definition) is 0. The fourth-order valence-electron chi connectivity index (χ4n) is 5.24. The number of benzene rings is 3. The Bertz CT molecular complexity index is 1140. The smallest absolute Gasteiger partial charge is 0.169 e. The lowest BCUT2D eigenvalue weighted by molar-refractivity contribution is -0.180. The van der Waals surface area contributed by atoms with Crippen molar-refractivity contribution in [1.82, 2.24) is 0 Å². The Morgan fingerprint density at radius 2 is 1.38 bits per heavy atom. The van der Waals surface area contributed by atoms with Gasteiger partial charge in [-0.05, 0) is 72.9 Å². The van der Waals surface area contributed by atoms with Gasteiger partial charge in [-0.1, -0.05) is 35.9 Å². The average Bonchev–Trinajstić information content (AvgIpc) is 2.82. The van der Waals surface area contributed by atoms with E-state index in [9.17, 15) is 9.18 Å². The number of anilines is 1. The molecule has 0 radical (unpaired) electrons. The number of ketones is 1. The number of nitrogens with zero attached hydrogens (tertiary/aromatic N) is 1. The normalized spacial score (nSPS) is 22.4. The van der Waals surface area contributed by atoms with Crippen LogP contribution in [0.5, 0.6) is 11.5 Å². The number of Topliss-reactive ketones (excluding diaryl/α,β-unsaturated/α-hetero) is 1. The summed E-state index contributed by atoms with van der Waals surface area (Å²) in [5, 5.41) is 0.568. The topological polar surface area (TPSA) is 38.8 Å². The van der Waals surface area contributed by atoms with Gasteiger partial charge in [0, 0.05) is 24.1 Å². The molecule has 6 heteroatoms. The summed E-state index contributed by atoms with van der Waals surface area (Å²) in [6, 6.07) is 21.2. The van der Waals surface area contributed by atoms with Gasteiger partial charge in [0.25, 0.3) is 0 Å². The second-order valence-corrected chi connectivity index (χ2v) is 9.92. The summed E-state index contributed by atoms with van der Waals surface area (Å²) in [6.07, 6.45) is 1.04. The molecule has 3 saturated carbocycles. The van der Waals surface area contributed by atoms with Crippen molar-refractivity contribution in [3.63, 3.8) is 0 Å². The molecule has 0 N–H and O–H groups in total. The van der Waals surface area contributed by atoms with E-state index in [-0.39, 0.29) is 5.78 Å². The lowest BCUT2D eigenvalue weighted by atomic mass is 9.40. The van der Waals surface area contributed by atoms with Crippen molar-refractivity contribution >= 4 is 23.1 Å². The lowest BCUT2D eigenvalue weighted by Crippen LogP contribution is -2.67. The first-order chi connectivity index (χ1) is 16.3.